The lowest BCUT2D eigenvalue weighted by atomic mass is 10.1. The van der Waals surface area contributed by atoms with E-state index in [-0.39, 0.29) is 0 Å². The molecule has 3 heteroatoms. The van der Waals surface area contributed by atoms with Crippen LogP contribution in [0.5, 0.6) is 0 Å². The van der Waals surface area contributed by atoms with E-state index in [1.165, 1.54) is 16.3 Å². The Balaban J connectivity index is 1.83. The summed E-state index contributed by atoms with van der Waals surface area (Å²) in [6.07, 6.45) is 1.15. The fraction of sp³-hybridized carbons (Fsp3) is 0.235. The Morgan fingerprint density at radius 1 is 1.10 bits per heavy atom. The maximum Gasteiger partial charge on any atom is 0.123 e. The molecule has 2 aromatic carbocycles. The Hall–Kier alpha value is -1.71. The van der Waals surface area contributed by atoms with Crippen LogP contribution in [0.4, 0.5) is 0 Å². The number of aromatic nitrogens is 1. The number of nitrogens with one attached hydrogen (secondary N) is 1. The normalized spacial score (nSPS) is 11.1. The summed E-state index contributed by atoms with van der Waals surface area (Å²) in [7, 11) is 0. The van der Waals surface area contributed by atoms with Gasteiger partial charge in [0.05, 0.1) is 5.69 Å². The number of benzene rings is 2. The highest BCUT2D eigenvalue weighted by Crippen LogP contribution is 2.27. The first-order chi connectivity index (χ1) is 9.86. The third-order valence-corrected chi connectivity index (χ3v) is 4.22. The third kappa shape index (κ3) is 2.89. The first-order valence-electron chi connectivity index (χ1n) is 7.01. The predicted octanol–water partition coefficient (Wildman–Crippen LogP) is 4.46. The molecule has 2 nitrogen and oxygen atoms in total. The molecule has 1 aromatic heterocycles. The number of nitrogens with zero attached hydrogens (tertiary/aromatic N) is 1. The molecule has 0 amide bonds. The second-order valence-electron chi connectivity index (χ2n) is 4.88. The molecule has 0 bridgehead atoms. The molecule has 0 unspecified atom stereocenters. The summed E-state index contributed by atoms with van der Waals surface area (Å²) in [6, 6.07) is 15.0. The standard InChI is InChI=1S/C17H18N2S/c1-2-9-18-11-16-12-20-17(19-16)15-8-7-13-5-3-4-6-14(13)10-15/h3-8,10,12,18H,2,9,11H2,1H3. The van der Waals surface area contributed by atoms with E-state index < -0.39 is 0 Å². The van der Waals surface area contributed by atoms with Gasteiger partial charge in [0.15, 0.2) is 0 Å². The highest BCUT2D eigenvalue weighted by Gasteiger charge is 2.05. The maximum atomic E-state index is 4.72. The van der Waals surface area contributed by atoms with Gasteiger partial charge in [-0.25, -0.2) is 4.98 Å². The number of fused-ring (bicyclic) bond motifs is 1. The van der Waals surface area contributed by atoms with Crippen molar-refractivity contribution in [3.63, 3.8) is 0 Å². The quantitative estimate of drug-likeness (QED) is 0.699. The van der Waals surface area contributed by atoms with E-state index in [9.17, 15) is 0 Å². The van der Waals surface area contributed by atoms with Crippen LogP contribution < -0.4 is 5.32 Å². The smallest absolute Gasteiger partial charge is 0.123 e. The molecule has 0 spiro atoms. The van der Waals surface area contributed by atoms with Gasteiger partial charge in [-0.15, -0.1) is 11.3 Å². The van der Waals surface area contributed by atoms with Gasteiger partial charge < -0.3 is 5.32 Å². The van der Waals surface area contributed by atoms with Crippen molar-refractivity contribution in [3.05, 3.63) is 53.5 Å². The molecule has 102 valence electrons. The molecule has 0 saturated heterocycles. The molecule has 0 saturated carbocycles. The minimum absolute atomic E-state index is 0.859. The van der Waals surface area contributed by atoms with Crippen molar-refractivity contribution in [3.8, 4) is 10.6 Å². The largest absolute Gasteiger partial charge is 0.311 e. The van der Waals surface area contributed by atoms with Gasteiger partial charge in [0, 0.05) is 17.5 Å². The topological polar surface area (TPSA) is 24.9 Å². The van der Waals surface area contributed by atoms with Crippen LogP contribution in [0.15, 0.2) is 47.8 Å². The average Bonchev–Trinajstić information content (AvgIpc) is 2.96. The maximum absolute atomic E-state index is 4.72. The molecule has 1 heterocycles. The lowest BCUT2D eigenvalue weighted by molar-refractivity contribution is 0.667. The molecule has 3 rings (SSSR count). The molecule has 20 heavy (non-hydrogen) atoms. The second-order valence-corrected chi connectivity index (χ2v) is 5.74. The van der Waals surface area contributed by atoms with E-state index in [0.29, 0.717) is 0 Å². The molecule has 0 fully saturated rings. The van der Waals surface area contributed by atoms with E-state index in [0.717, 1.165) is 30.2 Å². The molecule has 1 N–H and O–H groups in total. The second kappa shape index (κ2) is 6.16. The van der Waals surface area contributed by atoms with Crippen LogP contribution in [-0.2, 0) is 6.54 Å². The summed E-state index contributed by atoms with van der Waals surface area (Å²) >= 11 is 1.72. The summed E-state index contributed by atoms with van der Waals surface area (Å²) in [6.45, 7) is 4.08. The molecule has 0 aliphatic heterocycles. The Bertz CT molecular complexity index is 703. The summed E-state index contributed by atoms with van der Waals surface area (Å²) < 4.78 is 0. The summed E-state index contributed by atoms with van der Waals surface area (Å²) in [5.74, 6) is 0. The lowest BCUT2D eigenvalue weighted by Gasteiger charge is -2.01. The van der Waals surface area contributed by atoms with Crippen molar-refractivity contribution < 1.29 is 0 Å². The Kier molecular flexibility index (Phi) is 4.09. The SMILES string of the molecule is CCCNCc1csc(-c2ccc3ccccc3c2)n1. The van der Waals surface area contributed by atoms with Crippen LogP contribution in [0, 0.1) is 0 Å². The molecule has 3 aromatic rings. The molecular weight excluding hydrogens is 264 g/mol. The van der Waals surface area contributed by atoms with Gasteiger partial charge >= 0.3 is 0 Å². The van der Waals surface area contributed by atoms with Crippen molar-refractivity contribution in [2.75, 3.05) is 6.54 Å². The third-order valence-electron chi connectivity index (χ3n) is 3.28. The van der Waals surface area contributed by atoms with Gasteiger partial charge in [-0.1, -0.05) is 43.3 Å². The van der Waals surface area contributed by atoms with Crippen LogP contribution in [0.2, 0.25) is 0 Å². The number of thiazole rings is 1. The van der Waals surface area contributed by atoms with E-state index in [4.69, 9.17) is 4.98 Å². The van der Waals surface area contributed by atoms with Gasteiger partial charge in [0.1, 0.15) is 5.01 Å². The Labute approximate surface area is 123 Å². The van der Waals surface area contributed by atoms with Crippen molar-refractivity contribution in [2.45, 2.75) is 19.9 Å². The highest BCUT2D eigenvalue weighted by molar-refractivity contribution is 7.13. The Morgan fingerprint density at radius 2 is 1.95 bits per heavy atom. The van der Waals surface area contributed by atoms with Crippen LogP contribution in [0.1, 0.15) is 19.0 Å². The monoisotopic (exact) mass is 282 g/mol. The van der Waals surface area contributed by atoms with Crippen molar-refractivity contribution in [2.24, 2.45) is 0 Å². The molecule has 0 aliphatic rings. The predicted molar refractivity (Wildman–Crippen MR) is 87.1 cm³/mol. The lowest BCUT2D eigenvalue weighted by Crippen LogP contribution is -2.13. The molecule has 0 aliphatic carbocycles. The van der Waals surface area contributed by atoms with E-state index in [1.54, 1.807) is 11.3 Å². The van der Waals surface area contributed by atoms with Gasteiger partial charge in [-0.05, 0) is 29.8 Å². The van der Waals surface area contributed by atoms with Crippen LogP contribution in [-0.4, -0.2) is 11.5 Å². The first kappa shape index (κ1) is 13.3. The fourth-order valence-corrected chi connectivity index (χ4v) is 3.05. The number of hydrogen-bond donors (Lipinski definition) is 1. The summed E-state index contributed by atoms with van der Waals surface area (Å²) in [5, 5.41) is 9.18. The van der Waals surface area contributed by atoms with Gasteiger partial charge in [-0.2, -0.15) is 0 Å². The number of rotatable bonds is 5. The van der Waals surface area contributed by atoms with Crippen LogP contribution in [0.3, 0.4) is 0 Å². The zero-order valence-corrected chi connectivity index (χ0v) is 12.4. The van der Waals surface area contributed by atoms with Gasteiger partial charge in [0.2, 0.25) is 0 Å². The van der Waals surface area contributed by atoms with Gasteiger partial charge in [0.25, 0.3) is 0 Å². The van der Waals surface area contributed by atoms with E-state index in [1.807, 2.05) is 0 Å². The zero-order valence-electron chi connectivity index (χ0n) is 11.6. The van der Waals surface area contributed by atoms with Crippen molar-refractivity contribution >= 4 is 22.1 Å². The minimum atomic E-state index is 0.859. The van der Waals surface area contributed by atoms with E-state index in [2.05, 4.69) is 60.1 Å². The zero-order chi connectivity index (χ0) is 13.8. The Morgan fingerprint density at radius 3 is 2.80 bits per heavy atom. The first-order valence-corrected chi connectivity index (χ1v) is 7.89. The average molecular weight is 282 g/mol. The fourth-order valence-electron chi connectivity index (χ4n) is 2.24. The van der Waals surface area contributed by atoms with E-state index >= 15 is 0 Å². The number of hydrogen-bond acceptors (Lipinski definition) is 3. The molecular formula is C17H18N2S. The van der Waals surface area contributed by atoms with Crippen LogP contribution >= 0.6 is 11.3 Å². The summed E-state index contributed by atoms with van der Waals surface area (Å²) in [5.41, 5.74) is 2.34. The molecule has 0 radical (unpaired) electrons. The van der Waals surface area contributed by atoms with Crippen molar-refractivity contribution in [1.82, 2.24) is 10.3 Å². The summed E-state index contributed by atoms with van der Waals surface area (Å²) in [4.78, 5) is 4.72. The van der Waals surface area contributed by atoms with Crippen molar-refractivity contribution in [1.29, 1.82) is 0 Å². The van der Waals surface area contributed by atoms with Crippen LogP contribution in [0.25, 0.3) is 21.3 Å². The van der Waals surface area contributed by atoms with Gasteiger partial charge in [-0.3, -0.25) is 0 Å². The minimum Gasteiger partial charge on any atom is -0.311 e. The highest BCUT2D eigenvalue weighted by atomic mass is 32.1. The molecule has 0 atom stereocenters.